The van der Waals surface area contributed by atoms with E-state index in [1.54, 1.807) is 0 Å². The molecule has 2 aliphatic heterocycles. The lowest BCUT2D eigenvalue weighted by molar-refractivity contribution is -0.0337. The van der Waals surface area contributed by atoms with Gasteiger partial charge in [-0.25, -0.2) is 0 Å². The smallest absolute Gasteiger partial charge is 0.0673 e. The highest BCUT2D eigenvalue weighted by atomic mass is 16.5. The van der Waals surface area contributed by atoms with Gasteiger partial charge in [0.1, 0.15) is 0 Å². The molecular formula is C12H23NO2. The summed E-state index contributed by atoms with van der Waals surface area (Å²) in [6.07, 6.45) is 6.63. The van der Waals surface area contributed by atoms with Crippen LogP contribution in [0.1, 0.15) is 38.5 Å². The summed E-state index contributed by atoms with van der Waals surface area (Å²) >= 11 is 0. The summed E-state index contributed by atoms with van der Waals surface area (Å²) in [5.41, 5.74) is -0.404. The van der Waals surface area contributed by atoms with Gasteiger partial charge in [-0.05, 0) is 45.6 Å². The summed E-state index contributed by atoms with van der Waals surface area (Å²) in [4.78, 5) is 2.29. The molecule has 0 radical (unpaired) electrons. The minimum Gasteiger partial charge on any atom is -0.390 e. The molecule has 0 aromatic carbocycles. The fraction of sp³-hybridized carbons (Fsp3) is 1.00. The number of likely N-dealkylation sites (tertiary alicyclic amines) is 1. The molecule has 2 fully saturated rings. The average molecular weight is 213 g/mol. The standard InChI is InChI=1S/C12H23NO2/c1-13-8-6-12(14,7-9-13)5-4-11-3-2-10-15-11/h11,14H,2-10H2,1H3. The van der Waals surface area contributed by atoms with Gasteiger partial charge in [-0.2, -0.15) is 0 Å². The van der Waals surface area contributed by atoms with Gasteiger partial charge >= 0.3 is 0 Å². The van der Waals surface area contributed by atoms with Gasteiger partial charge in [0, 0.05) is 19.7 Å². The van der Waals surface area contributed by atoms with Gasteiger partial charge in [-0.15, -0.1) is 0 Å². The molecule has 0 aromatic rings. The predicted octanol–water partition coefficient (Wildman–Crippen LogP) is 1.40. The van der Waals surface area contributed by atoms with Gasteiger partial charge < -0.3 is 14.7 Å². The maximum Gasteiger partial charge on any atom is 0.0673 e. The summed E-state index contributed by atoms with van der Waals surface area (Å²) in [5, 5.41) is 10.4. The molecule has 2 saturated heterocycles. The molecule has 0 saturated carbocycles. The molecule has 0 bridgehead atoms. The first kappa shape index (κ1) is 11.4. The zero-order valence-corrected chi connectivity index (χ0v) is 9.74. The largest absolute Gasteiger partial charge is 0.390 e. The maximum atomic E-state index is 10.4. The number of rotatable bonds is 3. The zero-order chi connectivity index (χ0) is 10.7. The van der Waals surface area contributed by atoms with Crippen LogP contribution in [0.25, 0.3) is 0 Å². The lowest BCUT2D eigenvalue weighted by atomic mass is 9.86. The summed E-state index contributed by atoms with van der Waals surface area (Å²) in [7, 11) is 2.12. The second-order valence-electron chi connectivity index (χ2n) is 5.20. The topological polar surface area (TPSA) is 32.7 Å². The van der Waals surface area contributed by atoms with Crippen LogP contribution < -0.4 is 0 Å². The average Bonchev–Trinajstić information content (AvgIpc) is 2.73. The van der Waals surface area contributed by atoms with Gasteiger partial charge in [0.2, 0.25) is 0 Å². The molecule has 88 valence electrons. The van der Waals surface area contributed by atoms with Crippen molar-refractivity contribution in [2.45, 2.75) is 50.2 Å². The second kappa shape index (κ2) is 4.81. The molecule has 1 atom stereocenters. The van der Waals surface area contributed by atoms with Gasteiger partial charge in [0.05, 0.1) is 11.7 Å². The number of piperidine rings is 1. The number of hydrogen-bond acceptors (Lipinski definition) is 3. The van der Waals surface area contributed by atoms with Crippen LogP contribution in [0.2, 0.25) is 0 Å². The third-order valence-electron chi connectivity index (χ3n) is 3.87. The summed E-state index contributed by atoms with van der Waals surface area (Å²) in [6, 6.07) is 0. The second-order valence-corrected chi connectivity index (χ2v) is 5.20. The number of aliphatic hydroxyl groups is 1. The van der Waals surface area contributed by atoms with Gasteiger partial charge in [-0.1, -0.05) is 0 Å². The Morgan fingerprint density at radius 1 is 1.40 bits per heavy atom. The Morgan fingerprint density at radius 3 is 2.73 bits per heavy atom. The summed E-state index contributed by atoms with van der Waals surface area (Å²) in [5.74, 6) is 0. The lowest BCUT2D eigenvalue weighted by Crippen LogP contribution is -2.43. The van der Waals surface area contributed by atoms with E-state index < -0.39 is 5.60 Å². The molecule has 2 heterocycles. The van der Waals surface area contributed by atoms with Crippen molar-refractivity contribution in [3.05, 3.63) is 0 Å². The molecule has 3 heteroatoms. The van der Waals surface area contributed by atoms with E-state index in [-0.39, 0.29) is 0 Å². The highest BCUT2D eigenvalue weighted by Gasteiger charge is 2.32. The molecule has 15 heavy (non-hydrogen) atoms. The normalized spacial score (nSPS) is 32.0. The minimum absolute atomic E-state index is 0.404. The molecule has 0 aliphatic carbocycles. The number of hydrogen-bond donors (Lipinski definition) is 1. The van der Waals surface area contributed by atoms with Gasteiger partial charge in [-0.3, -0.25) is 0 Å². The fourth-order valence-electron chi connectivity index (χ4n) is 2.59. The highest BCUT2D eigenvalue weighted by molar-refractivity contribution is 4.86. The first-order valence-electron chi connectivity index (χ1n) is 6.20. The molecule has 3 nitrogen and oxygen atoms in total. The Hall–Kier alpha value is -0.120. The molecule has 2 rings (SSSR count). The Kier molecular flexibility index (Phi) is 3.65. The highest BCUT2D eigenvalue weighted by Crippen LogP contribution is 2.29. The van der Waals surface area contributed by atoms with E-state index in [1.165, 1.54) is 12.8 Å². The Bertz CT molecular complexity index is 194. The maximum absolute atomic E-state index is 10.4. The van der Waals surface area contributed by atoms with Crippen molar-refractivity contribution < 1.29 is 9.84 Å². The zero-order valence-electron chi connectivity index (χ0n) is 9.74. The van der Waals surface area contributed by atoms with Crippen molar-refractivity contribution >= 4 is 0 Å². The van der Waals surface area contributed by atoms with E-state index in [2.05, 4.69) is 11.9 Å². The Labute approximate surface area is 92.4 Å². The first-order chi connectivity index (χ1) is 7.18. The SMILES string of the molecule is CN1CCC(O)(CCC2CCCO2)CC1. The Balaban J connectivity index is 1.72. The first-order valence-corrected chi connectivity index (χ1v) is 6.20. The van der Waals surface area contributed by atoms with Crippen LogP contribution in [0.4, 0.5) is 0 Å². The van der Waals surface area contributed by atoms with Crippen molar-refractivity contribution in [1.29, 1.82) is 0 Å². The summed E-state index contributed by atoms with van der Waals surface area (Å²) < 4.78 is 5.59. The van der Waals surface area contributed by atoms with E-state index in [9.17, 15) is 5.11 Å². The van der Waals surface area contributed by atoms with E-state index in [4.69, 9.17) is 4.74 Å². The van der Waals surface area contributed by atoms with Crippen molar-refractivity contribution in [2.24, 2.45) is 0 Å². The van der Waals surface area contributed by atoms with Crippen LogP contribution in [0.5, 0.6) is 0 Å². The van der Waals surface area contributed by atoms with E-state index in [0.29, 0.717) is 6.10 Å². The molecule has 1 N–H and O–H groups in total. The van der Waals surface area contributed by atoms with Crippen LogP contribution in [0, 0.1) is 0 Å². The van der Waals surface area contributed by atoms with Crippen molar-refractivity contribution in [2.75, 3.05) is 26.7 Å². The van der Waals surface area contributed by atoms with Crippen LogP contribution in [0.3, 0.4) is 0 Å². The third-order valence-corrected chi connectivity index (χ3v) is 3.87. The van der Waals surface area contributed by atoms with E-state index >= 15 is 0 Å². The number of ether oxygens (including phenoxy) is 1. The number of nitrogens with zero attached hydrogens (tertiary/aromatic N) is 1. The van der Waals surface area contributed by atoms with Crippen LogP contribution in [0.15, 0.2) is 0 Å². The molecule has 2 aliphatic rings. The Morgan fingerprint density at radius 2 is 2.13 bits per heavy atom. The third kappa shape index (κ3) is 3.16. The van der Waals surface area contributed by atoms with Crippen LogP contribution in [-0.2, 0) is 4.74 Å². The molecule has 0 amide bonds. The van der Waals surface area contributed by atoms with Crippen LogP contribution in [-0.4, -0.2) is 48.5 Å². The lowest BCUT2D eigenvalue weighted by Gasteiger charge is -2.37. The van der Waals surface area contributed by atoms with Crippen molar-refractivity contribution in [3.8, 4) is 0 Å². The van der Waals surface area contributed by atoms with Crippen molar-refractivity contribution in [1.82, 2.24) is 4.90 Å². The molecular weight excluding hydrogens is 190 g/mol. The molecule has 0 aromatic heterocycles. The molecule has 0 spiro atoms. The predicted molar refractivity (Wildman–Crippen MR) is 59.9 cm³/mol. The van der Waals surface area contributed by atoms with E-state index in [0.717, 1.165) is 45.4 Å². The minimum atomic E-state index is -0.404. The monoisotopic (exact) mass is 213 g/mol. The van der Waals surface area contributed by atoms with E-state index in [1.807, 2.05) is 0 Å². The molecule has 1 unspecified atom stereocenters. The van der Waals surface area contributed by atoms with Crippen LogP contribution >= 0.6 is 0 Å². The van der Waals surface area contributed by atoms with Gasteiger partial charge in [0.25, 0.3) is 0 Å². The van der Waals surface area contributed by atoms with Gasteiger partial charge in [0.15, 0.2) is 0 Å². The quantitative estimate of drug-likeness (QED) is 0.769. The van der Waals surface area contributed by atoms with Crippen molar-refractivity contribution in [3.63, 3.8) is 0 Å². The summed E-state index contributed by atoms with van der Waals surface area (Å²) in [6.45, 7) is 2.98. The fourth-order valence-corrected chi connectivity index (χ4v) is 2.59.